The van der Waals surface area contributed by atoms with Crippen molar-refractivity contribution in [1.29, 1.82) is 0 Å². The van der Waals surface area contributed by atoms with Crippen LogP contribution in [0.5, 0.6) is 5.75 Å². The lowest BCUT2D eigenvalue weighted by Crippen LogP contribution is -2.21. The molecular weight excluding hydrogens is 250 g/mol. The normalized spacial score (nSPS) is 12.4. The van der Waals surface area contributed by atoms with E-state index in [-0.39, 0.29) is 6.04 Å². The van der Waals surface area contributed by atoms with Gasteiger partial charge in [0.05, 0.1) is 24.5 Å². The van der Waals surface area contributed by atoms with Gasteiger partial charge in [-0.25, -0.2) is 0 Å². The third-order valence-corrected chi connectivity index (χ3v) is 3.54. The SMILES string of the molecule is CCc1cc(C(NC)c2cccc(OC)c2)n(CC)n1. The summed E-state index contributed by atoms with van der Waals surface area (Å²) in [7, 11) is 3.67. The predicted molar refractivity (Wildman–Crippen MR) is 81.2 cm³/mol. The monoisotopic (exact) mass is 273 g/mol. The molecule has 1 aromatic heterocycles. The number of nitrogens with zero attached hydrogens (tertiary/aromatic N) is 2. The maximum atomic E-state index is 5.32. The highest BCUT2D eigenvalue weighted by molar-refractivity contribution is 5.35. The van der Waals surface area contributed by atoms with Crippen LogP contribution >= 0.6 is 0 Å². The Morgan fingerprint density at radius 2 is 2.10 bits per heavy atom. The Hall–Kier alpha value is -1.81. The topological polar surface area (TPSA) is 39.1 Å². The molecule has 0 aliphatic carbocycles. The van der Waals surface area contributed by atoms with Gasteiger partial charge in [-0.1, -0.05) is 19.1 Å². The molecule has 0 spiro atoms. The molecule has 4 nitrogen and oxygen atoms in total. The Labute approximate surface area is 120 Å². The molecule has 1 unspecified atom stereocenters. The zero-order valence-electron chi connectivity index (χ0n) is 12.7. The van der Waals surface area contributed by atoms with Crippen molar-refractivity contribution in [2.24, 2.45) is 0 Å². The average molecular weight is 273 g/mol. The van der Waals surface area contributed by atoms with E-state index in [9.17, 15) is 0 Å². The van der Waals surface area contributed by atoms with E-state index < -0.39 is 0 Å². The van der Waals surface area contributed by atoms with Gasteiger partial charge in [-0.15, -0.1) is 0 Å². The first kappa shape index (κ1) is 14.6. The van der Waals surface area contributed by atoms with Crippen molar-refractivity contribution in [3.05, 3.63) is 47.3 Å². The summed E-state index contributed by atoms with van der Waals surface area (Å²) in [5, 5.41) is 8.01. The molecule has 0 bridgehead atoms. The average Bonchev–Trinajstić information content (AvgIpc) is 2.91. The van der Waals surface area contributed by atoms with Crippen LogP contribution in [0.2, 0.25) is 0 Å². The van der Waals surface area contributed by atoms with Gasteiger partial charge in [0.2, 0.25) is 0 Å². The molecule has 0 saturated heterocycles. The van der Waals surface area contributed by atoms with Crippen LogP contribution in [0, 0.1) is 0 Å². The highest BCUT2D eigenvalue weighted by Gasteiger charge is 2.18. The van der Waals surface area contributed by atoms with Gasteiger partial charge in [0.1, 0.15) is 5.75 Å². The zero-order chi connectivity index (χ0) is 14.5. The van der Waals surface area contributed by atoms with Crippen LogP contribution in [0.15, 0.2) is 30.3 Å². The van der Waals surface area contributed by atoms with Gasteiger partial charge in [0.25, 0.3) is 0 Å². The van der Waals surface area contributed by atoms with Gasteiger partial charge in [-0.3, -0.25) is 4.68 Å². The Balaban J connectivity index is 2.43. The van der Waals surface area contributed by atoms with Crippen molar-refractivity contribution in [3.63, 3.8) is 0 Å². The van der Waals surface area contributed by atoms with Crippen LogP contribution in [-0.4, -0.2) is 23.9 Å². The van der Waals surface area contributed by atoms with Crippen LogP contribution in [0.3, 0.4) is 0 Å². The van der Waals surface area contributed by atoms with Crippen molar-refractivity contribution < 1.29 is 4.74 Å². The second-order valence-electron chi connectivity index (χ2n) is 4.73. The van der Waals surface area contributed by atoms with Gasteiger partial charge in [-0.2, -0.15) is 5.10 Å². The minimum Gasteiger partial charge on any atom is -0.497 e. The van der Waals surface area contributed by atoms with Crippen LogP contribution in [0.4, 0.5) is 0 Å². The molecule has 0 fully saturated rings. The number of aryl methyl sites for hydroxylation is 2. The Kier molecular flexibility index (Phi) is 4.79. The fraction of sp³-hybridized carbons (Fsp3) is 0.438. The van der Waals surface area contributed by atoms with Crippen LogP contribution in [-0.2, 0) is 13.0 Å². The number of methoxy groups -OCH3 is 1. The van der Waals surface area contributed by atoms with Crippen LogP contribution in [0.1, 0.15) is 36.8 Å². The summed E-state index contributed by atoms with van der Waals surface area (Å²) in [6, 6.07) is 10.5. The largest absolute Gasteiger partial charge is 0.497 e. The molecule has 0 aliphatic heterocycles. The zero-order valence-corrected chi connectivity index (χ0v) is 12.7. The maximum absolute atomic E-state index is 5.32. The van der Waals surface area contributed by atoms with E-state index in [1.807, 2.05) is 19.2 Å². The Morgan fingerprint density at radius 1 is 1.30 bits per heavy atom. The summed E-state index contributed by atoms with van der Waals surface area (Å²) in [6.07, 6.45) is 0.953. The molecule has 0 amide bonds. The summed E-state index contributed by atoms with van der Waals surface area (Å²) in [6.45, 7) is 5.12. The van der Waals surface area contributed by atoms with Crippen molar-refractivity contribution in [2.75, 3.05) is 14.2 Å². The molecule has 0 aliphatic rings. The number of ether oxygens (including phenoxy) is 1. The summed E-state index contributed by atoms with van der Waals surface area (Å²) < 4.78 is 7.39. The molecular formula is C16H23N3O. The van der Waals surface area contributed by atoms with Gasteiger partial charge in [0.15, 0.2) is 0 Å². The molecule has 1 N–H and O–H groups in total. The van der Waals surface area contributed by atoms with Crippen LogP contribution in [0.25, 0.3) is 0 Å². The number of benzene rings is 1. The summed E-state index contributed by atoms with van der Waals surface area (Å²) >= 11 is 0. The van der Waals surface area contributed by atoms with Crippen molar-refractivity contribution in [1.82, 2.24) is 15.1 Å². The van der Waals surface area contributed by atoms with E-state index in [2.05, 4.69) is 47.1 Å². The number of hydrogen-bond acceptors (Lipinski definition) is 3. The molecule has 108 valence electrons. The third-order valence-electron chi connectivity index (χ3n) is 3.54. The van der Waals surface area contributed by atoms with E-state index in [1.54, 1.807) is 7.11 Å². The number of rotatable bonds is 6. The number of nitrogens with one attached hydrogen (secondary N) is 1. The summed E-state index contributed by atoms with van der Waals surface area (Å²) in [4.78, 5) is 0. The second kappa shape index (κ2) is 6.57. The maximum Gasteiger partial charge on any atom is 0.119 e. The third kappa shape index (κ3) is 2.85. The standard InChI is InChI=1S/C16H23N3O/c1-5-13-11-15(19(6-2)18-13)16(17-3)12-8-7-9-14(10-12)20-4/h7-11,16-17H,5-6H2,1-4H3. The lowest BCUT2D eigenvalue weighted by molar-refractivity contribution is 0.413. The van der Waals surface area contributed by atoms with E-state index >= 15 is 0 Å². The fourth-order valence-electron chi connectivity index (χ4n) is 2.45. The lowest BCUT2D eigenvalue weighted by atomic mass is 10.0. The van der Waals surface area contributed by atoms with E-state index in [0.29, 0.717) is 0 Å². The highest BCUT2D eigenvalue weighted by atomic mass is 16.5. The second-order valence-corrected chi connectivity index (χ2v) is 4.73. The Bertz CT molecular complexity index is 563. The predicted octanol–water partition coefficient (Wildman–Crippen LogP) is 2.78. The molecule has 2 aromatic rings. The van der Waals surface area contributed by atoms with E-state index in [0.717, 1.165) is 24.4 Å². The molecule has 1 atom stereocenters. The molecule has 0 saturated carbocycles. The first-order valence-electron chi connectivity index (χ1n) is 7.11. The highest BCUT2D eigenvalue weighted by Crippen LogP contribution is 2.25. The van der Waals surface area contributed by atoms with Crippen molar-refractivity contribution >= 4 is 0 Å². The van der Waals surface area contributed by atoms with Gasteiger partial charge >= 0.3 is 0 Å². The van der Waals surface area contributed by atoms with Gasteiger partial charge in [-0.05, 0) is 44.2 Å². The lowest BCUT2D eigenvalue weighted by Gasteiger charge is -2.18. The number of hydrogen-bond donors (Lipinski definition) is 1. The van der Waals surface area contributed by atoms with E-state index in [4.69, 9.17) is 4.74 Å². The fourth-order valence-corrected chi connectivity index (χ4v) is 2.45. The number of aromatic nitrogens is 2. The summed E-state index contributed by atoms with van der Waals surface area (Å²) in [5.74, 6) is 0.876. The molecule has 1 aromatic carbocycles. The first-order chi connectivity index (χ1) is 9.73. The van der Waals surface area contributed by atoms with Crippen molar-refractivity contribution in [3.8, 4) is 5.75 Å². The van der Waals surface area contributed by atoms with Crippen LogP contribution < -0.4 is 10.1 Å². The van der Waals surface area contributed by atoms with E-state index in [1.165, 1.54) is 11.3 Å². The minimum absolute atomic E-state index is 0.123. The van der Waals surface area contributed by atoms with Gasteiger partial charge in [0, 0.05) is 6.54 Å². The molecule has 4 heteroatoms. The quantitative estimate of drug-likeness (QED) is 0.879. The molecule has 0 radical (unpaired) electrons. The smallest absolute Gasteiger partial charge is 0.119 e. The molecule has 20 heavy (non-hydrogen) atoms. The summed E-state index contributed by atoms with van der Waals surface area (Å²) in [5.41, 5.74) is 3.51. The minimum atomic E-state index is 0.123. The van der Waals surface area contributed by atoms with Gasteiger partial charge < -0.3 is 10.1 Å². The molecule has 2 rings (SSSR count). The Morgan fingerprint density at radius 3 is 2.70 bits per heavy atom. The molecule has 1 heterocycles. The first-order valence-corrected chi connectivity index (χ1v) is 7.11. The van der Waals surface area contributed by atoms with Crippen molar-refractivity contribution in [2.45, 2.75) is 32.9 Å².